The van der Waals surface area contributed by atoms with Gasteiger partial charge < -0.3 is 18.9 Å². The number of rotatable bonds is 6. The number of halogens is 1. The summed E-state index contributed by atoms with van der Waals surface area (Å²) < 4.78 is 23.2. The number of carbonyl (C=O) groups excluding carboxylic acids is 3. The summed E-state index contributed by atoms with van der Waals surface area (Å²) in [7, 11) is 0. The SMILES string of the molecule is C[C@@H]1O[C@H](Br)[C@H](OC(=O)c2ccccc2)[C@H](OC(=O)c2ccccc2)[C@H]1OC(=O)c1ccccc1. The van der Waals surface area contributed by atoms with E-state index in [4.69, 9.17) is 18.9 Å². The maximum absolute atomic E-state index is 13.0. The number of alkyl halides is 1. The van der Waals surface area contributed by atoms with Crippen LogP contribution in [-0.2, 0) is 18.9 Å². The van der Waals surface area contributed by atoms with Crippen molar-refractivity contribution in [3.05, 3.63) is 108 Å². The number of ether oxygens (including phenoxy) is 4. The van der Waals surface area contributed by atoms with Crippen LogP contribution in [0.25, 0.3) is 0 Å². The molecule has 8 heteroatoms. The fourth-order valence-corrected chi connectivity index (χ4v) is 4.43. The molecule has 1 fully saturated rings. The van der Waals surface area contributed by atoms with E-state index in [2.05, 4.69) is 15.9 Å². The van der Waals surface area contributed by atoms with E-state index in [1.54, 1.807) is 97.9 Å². The largest absolute Gasteiger partial charge is 0.452 e. The van der Waals surface area contributed by atoms with Gasteiger partial charge in [0.25, 0.3) is 0 Å². The lowest BCUT2D eigenvalue weighted by atomic mass is 9.99. The second kappa shape index (κ2) is 11.3. The minimum Gasteiger partial charge on any atom is -0.452 e. The normalized spacial score (nSPS) is 23.7. The summed E-state index contributed by atoms with van der Waals surface area (Å²) in [6, 6.07) is 25.2. The molecule has 3 aromatic carbocycles. The average Bonchev–Trinajstić information content (AvgIpc) is 2.89. The van der Waals surface area contributed by atoms with Crippen molar-refractivity contribution in [2.24, 2.45) is 0 Å². The Morgan fingerprint density at radius 3 is 1.34 bits per heavy atom. The Labute approximate surface area is 211 Å². The topological polar surface area (TPSA) is 88.1 Å². The molecule has 1 heterocycles. The van der Waals surface area contributed by atoms with E-state index in [0.717, 1.165) is 0 Å². The smallest absolute Gasteiger partial charge is 0.338 e. The summed E-state index contributed by atoms with van der Waals surface area (Å²) in [5.41, 5.74) is 0.947. The van der Waals surface area contributed by atoms with E-state index in [9.17, 15) is 14.4 Å². The molecule has 35 heavy (non-hydrogen) atoms. The molecule has 1 saturated heterocycles. The van der Waals surface area contributed by atoms with Crippen molar-refractivity contribution >= 4 is 33.8 Å². The van der Waals surface area contributed by atoms with E-state index in [-0.39, 0.29) is 0 Å². The molecular weight excluding hydrogens is 516 g/mol. The minimum absolute atomic E-state index is 0.305. The van der Waals surface area contributed by atoms with Crippen LogP contribution in [0, 0.1) is 0 Å². The summed E-state index contributed by atoms with van der Waals surface area (Å²) in [6.45, 7) is 1.69. The Morgan fingerprint density at radius 2 is 0.943 bits per heavy atom. The Bertz CT molecular complexity index is 1090. The first-order valence-electron chi connectivity index (χ1n) is 11.0. The summed E-state index contributed by atoms with van der Waals surface area (Å²) in [6.07, 6.45) is -3.96. The van der Waals surface area contributed by atoms with Gasteiger partial charge in [-0.05, 0) is 43.3 Å². The van der Waals surface area contributed by atoms with Crippen molar-refractivity contribution in [2.45, 2.75) is 36.4 Å². The van der Waals surface area contributed by atoms with E-state index in [0.29, 0.717) is 16.7 Å². The molecule has 0 unspecified atom stereocenters. The van der Waals surface area contributed by atoms with Gasteiger partial charge in [-0.1, -0.05) is 70.5 Å². The summed E-state index contributed by atoms with van der Waals surface area (Å²) in [5, 5.41) is -0.814. The first-order chi connectivity index (χ1) is 16.9. The predicted octanol–water partition coefficient (Wildman–Crippen LogP) is 4.80. The molecule has 0 N–H and O–H groups in total. The van der Waals surface area contributed by atoms with Gasteiger partial charge in [0.15, 0.2) is 23.3 Å². The van der Waals surface area contributed by atoms with Crippen LogP contribution < -0.4 is 0 Å². The second-order valence-electron chi connectivity index (χ2n) is 7.90. The van der Waals surface area contributed by atoms with Crippen LogP contribution in [0.15, 0.2) is 91.0 Å². The van der Waals surface area contributed by atoms with E-state index < -0.39 is 47.3 Å². The van der Waals surface area contributed by atoms with Gasteiger partial charge in [0.1, 0.15) is 0 Å². The highest BCUT2D eigenvalue weighted by molar-refractivity contribution is 9.09. The highest BCUT2D eigenvalue weighted by Gasteiger charge is 2.50. The van der Waals surface area contributed by atoms with Crippen LogP contribution in [0.5, 0.6) is 0 Å². The molecule has 0 amide bonds. The molecule has 0 aromatic heterocycles. The lowest BCUT2D eigenvalue weighted by Crippen LogP contribution is -2.59. The van der Waals surface area contributed by atoms with Crippen molar-refractivity contribution in [2.75, 3.05) is 0 Å². The minimum atomic E-state index is -1.14. The van der Waals surface area contributed by atoms with Crippen LogP contribution in [0.4, 0.5) is 0 Å². The zero-order valence-electron chi connectivity index (χ0n) is 18.8. The summed E-state index contributed by atoms with van der Waals surface area (Å²) in [4.78, 5) is 38.7. The van der Waals surface area contributed by atoms with Crippen molar-refractivity contribution in [3.8, 4) is 0 Å². The molecule has 0 spiro atoms. The molecule has 0 radical (unpaired) electrons. The molecule has 180 valence electrons. The first-order valence-corrected chi connectivity index (χ1v) is 11.9. The molecule has 4 rings (SSSR count). The molecule has 3 aromatic rings. The standard InChI is InChI=1S/C27H23BrO7/c1-17-21(33-25(29)18-11-5-2-6-12-18)22(34-26(30)19-13-7-3-8-14-19)23(24(28)32-17)35-27(31)20-15-9-4-10-16-20/h2-17,21-24H,1H3/t17-,21-,22+,23+,24-/m0/s1. The van der Waals surface area contributed by atoms with Gasteiger partial charge in [-0.25, -0.2) is 14.4 Å². The Kier molecular flexibility index (Phi) is 7.94. The zero-order chi connectivity index (χ0) is 24.8. The van der Waals surface area contributed by atoms with E-state index in [1.165, 1.54) is 0 Å². The van der Waals surface area contributed by atoms with Crippen LogP contribution in [-0.4, -0.2) is 47.3 Å². The van der Waals surface area contributed by atoms with Gasteiger partial charge in [-0.2, -0.15) is 0 Å². The van der Waals surface area contributed by atoms with Crippen LogP contribution in [0.3, 0.4) is 0 Å². The van der Waals surface area contributed by atoms with Crippen molar-refractivity contribution in [3.63, 3.8) is 0 Å². The Hall–Kier alpha value is -3.49. The molecular formula is C27H23BrO7. The summed E-state index contributed by atoms with van der Waals surface area (Å²) >= 11 is 3.39. The maximum Gasteiger partial charge on any atom is 0.338 e. The third-order valence-corrected chi connectivity index (χ3v) is 6.21. The van der Waals surface area contributed by atoms with E-state index >= 15 is 0 Å². The van der Waals surface area contributed by atoms with Crippen LogP contribution in [0.1, 0.15) is 38.0 Å². The second-order valence-corrected chi connectivity index (χ2v) is 8.80. The number of hydrogen-bond donors (Lipinski definition) is 0. The number of hydrogen-bond acceptors (Lipinski definition) is 7. The van der Waals surface area contributed by atoms with Gasteiger partial charge in [-0.3, -0.25) is 0 Å². The van der Waals surface area contributed by atoms with Gasteiger partial charge in [0.2, 0.25) is 0 Å². The van der Waals surface area contributed by atoms with Crippen molar-refractivity contribution < 1.29 is 33.3 Å². The number of benzene rings is 3. The lowest BCUT2D eigenvalue weighted by molar-refractivity contribution is -0.193. The molecule has 0 aliphatic carbocycles. The quantitative estimate of drug-likeness (QED) is 0.253. The summed E-state index contributed by atoms with van der Waals surface area (Å²) in [5.74, 6) is -1.90. The maximum atomic E-state index is 13.0. The Balaban J connectivity index is 1.63. The molecule has 0 saturated carbocycles. The molecule has 7 nitrogen and oxygen atoms in total. The average molecular weight is 539 g/mol. The zero-order valence-corrected chi connectivity index (χ0v) is 20.4. The number of carbonyl (C=O) groups is 3. The van der Waals surface area contributed by atoms with Crippen LogP contribution in [0.2, 0.25) is 0 Å². The first kappa shape index (κ1) is 24.6. The lowest BCUT2D eigenvalue weighted by Gasteiger charge is -2.42. The van der Waals surface area contributed by atoms with Gasteiger partial charge in [-0.15, -0.1) is 0 Å². The van der Waals surface area contributed by atoms with Crippen molar-refractivity contribution in [1.29, 1.82) is 0 Å². The fourth-order valence-electron chi connectivity index (χ4n) is 3.68. The highest BCUT2D eigenvalue weighted by Crippen LogP contribution is 2.32. The van der Waals surface area contributed by atoms with Crippen molar-refractivity contribution in [1.82, 2.24) is 0 Å². The van der Waals surface area contributed by atoms with Gasteiger partial charge in [0.05, 0.1) is 22.8 Å². The van der Waals surface area contributed by atoms with Gasteiger partial charge in [0, 0.05) is 0 Å². The Morgan fingerprint density at radius 1 is 0.600 bits per heavy atom. The molecule has 0 bridgehead atoms. The molecule has 5 atom stereocenters. The van der Waals surface area contributed by atoms with Gasteiger partial charge >= 0.3 is 17.9 Å². The van der Waals surface area contributed by atoms with E-state index in [1.807, 2.05) is 0 Å². The third kappa shape index (κ3) is 5.96. The van der Waals surface area contributed by atoms with Crippen LogP contribution >= 0.6 is 15.9 Å². The third-order valence-electron chi connectivity index (χ3n) is 5.47. The number of esters is 3. The molecule has 1 aliphatic rings. The fraction of sp³-hybridized carbons (Fsp3) is 0.222. The highest BCUT2D eigenvalue weighted by atomic mass is 79.9. The molecule has 1 aliphatic heterocycles. The monoisotopic (exact) mass is 538 g/mol. The predicted molar refractivity (Wildman–Crippen MR) is 130 cm³/mol.